The number of nitrogens with zero attached hydrogens (tertiary/aromatic N) is 4. The van der Waals surface area contributed by atoms with E-state index >= 15 is 0 Å². The lowest BCUT2D eigenvalue weighted by Crippen LogP contribution is -2.32. The first kappa shape index (κ1) is 14.4. The van der Waals surface area contributed by atoms with E-state index in [1.54, 1.807) is 0 Å². The Kier molecular flexibility index (Phi) is 3.63. The van der Waals surface area contributed by atoms with Crippen molar-refractivity contribution in [3.05, 3.63) is 53.7 Å². The maximum Gasteiger partial charge on any atom is 0.139 e. The van der Waals surface area contributed by atoms with E-state index in [1.807, 2.05) is 30.2 Å². The van der Waals surface area contributed by atoms with Crippen molar-refractivity contribution in [1.29, 1.82) is 0 Å². The predicted molar refractivity (Wildman–Crippen MR) is 87.1 cm³/mol. The zero-order valence-electron chi connectivity index (χ0n) is 13.4. The summed E-state index contributed by atoms with van der Waals surface area (Å²) in [7, 11) is 1.96. The van der Waals surface area contributed by atoms with E-state index in [2.05, 4.69) is 45.1 Å². The van der Waals surface area contributed by atoms with Crippen molar-refractivity contribution in [2.75, 3.05) is 6.61 Å². The molecule has 0 aliphatic carbocycles. The van der Waals surface area contributed by atoms with Crippen LogP contribution in [0, 0.1) is 6.92 Å². The normalized spacial score (nSPS) is 21.3. The van der Waals surface area contributed by atoms with E-state index in [9.17, 15) is 0 Å². The maximum atomic E-state index is 5.92. The SMILES string of the molecule is Cc1cccn2c(CN[C@H]3CCO[C@@H]3c3ccnn3C)cnc12. The van der Waals surface area contributed by atoms with Gasteiger partial charge < -0.3 is 14.5 Å². The van der Waals surface area contributed by atoms with Gasteiger partial charge in [0.15, 0.2) is 0 Å². The molecular formula is C17H21N5O. The highest BCUT2D eigenvalue weighted by atomic mass is 16.5. The molecule has 3 aromatic heterocycles. The number of aromatic nitrogens is 4. The highest BCUT2D eigenvalue weighted by Gasteiger charge is 2.31. The number of aryl methyl sites for hydroxylation is 2. The van der Waals surface area contributed by atoms with Gasteiger partial charge in [-0.1, -0.05) is 6.07 Å². The summed E-state index contributed by atoms with van der Waals surface area (Å²) in [4.78, 5) is 4.52. The molecule has 0 amide bonds. The summed E-state index contributed by atoms with van der Waals surface area (Å²) in [6.45, 7) is 3.63. The van der Waals surface area contributed by atoms with Crippen LogP contribution >= 0.6 is 0 Å². The molecule has 1 saturated heterocycles. The van der Waals surface area contributed by atoms with Gasteiger partial charge in [-0.2, -0.15) is 5.10 Å². The lowest BCUT2D eigenvalue weighted by Gasteiger charge is -2.20. The Labute approximate surface area is 135 Å². The number of hydrogen-bond donors (Lipinski definition) is 1. The lowest BCUT2D eigenvalue weighted by molar-refractivity contribution is 0.0918. The first-order valence-electron chi connectivity index (χ1n) is 7.98. The van der Waals surface area contributed by atoms with Gasteiger partial charge in [0.1, 0.15) is 11.8 Å². The Bertz CT molecular complexity index is 821. The molecule has 6 heteroatoms. The van der Waals surface area contributed by atoms with Crippen molar-refractivity contribution in [1.82, 2.24) is 24.5 Å². The number of pyridine rings is 1. The predicted octanol–water partition coefficient (Wildman–Crippen LogP) is 2.00. The molecule has 1 aliphatic rings. The summed E-state index contributed by atoms with van der Waals surface area (Å²) in [5.74, 6) is 0. The van der Waals surface area contributed by atoms with Gasteiger partial charge in [0.2, 0.25) is 0 Å². The van der Waals surface area contributed by atoms with Gasteiger partial charge in [0.05, 0.1) is 17.6 Å². The van der Waals surface area contributed by atoms with Gasteiger partial charge in [-0.05, 0) is 31.0 Å². The van der Waals surface area contributed by atoms with Crippen LogP contribution in [0.25, 0.3) is 5.65 Å². The van der Waals surface area contributed by atoms with Gasteiger partial charge in [-0.25, -0.2) is 4.98 Å². The van der Waals surface area contributed by atoms with Crippen LogP contribution in [0.3, 0.4) is 0 Å². The van der Waals surface area contributed by atoms with Crippen LogP contribution < -0.4 is 5.32 Å². The van der Waals surface area contributed by atoms with Crippen molar-refractivity contribution in [3.8, 4) is 0 Å². The molecule has 4 heterocycles. The molecule has 2 atom stereocenters. The zero-order chi connectivity index (χ0) is 15.8. The Morgan fingerprint density at radius 3 is 3.13 bits per heavy atom. The fourth-order valence-electron chi connectivity index (χ4n) is 3.32. The van der Waals surface area contributed by atoms with Crippen LogP contribution in [-0.2, 0) is 18.3 Å². The third-order valence-corrected chi connectivity index (χ3v) is 4.59. The number of ether oxygens (including phenoxy) is 1. The van der Waals surface area contributed by atoms with E-state index in [1.165, 1.54) is 11.3 Å². The van der Waals surface area contributed by atoms with Gasteiger partial charge in [-0.3, -0.25) is 4.68 Å². The van der Waals surface area contributed by atoms with Crippen molar-refractivity contribution in [2.45, 2.75) is 32.0 Å². The summed E-state index contributed by atoms with van der Waals surface area (Å²) in [5, 5.41) is 7.89. The zero-order valence-corrected chi connectivity index (χ0v) is 13.4. The van der Waals surface area contributed by atoms with Crippen LogP contribution in [-0.4, -0.2) is 31.8 Å². The first-order chi connectivity index (χ1) is 11.2. The molecule has 0 bridgehead atoms. The summed E-state index contributed by atoms with van der Waals surface area (Å²) in [5.41, 5.74) is 4.50. The lowest BCUT2D eigenvalue weighted by atomic mass is 10.1. The average molecular weight is 311 g/mol. The fraction of sp³-hybridized carbons (Fsp3) is 0.412. The highest BCUT2D eigenvalue weighted by Crippen LogP contribution is 2.28. The molecule has 6 nitrogen and oxygen atoms in total. The van der Waals surface area contributed by atoms with Gasteiger partial charge in [0.25, 0.3) is 0 Å². The van der Waals surface area contributed by atoms with Gasteiger partial charge in [-0.15, -0.1) is 0 Å². The molecule has 0 saturated carbocycles. The quantitative estimate of drug-likeness (QED) is 0.800. The summed E-state index contributed by atoms with van der Waals surface area (Å²) < 4.78 is 9.96. The standard InChI is InChI=1S/C17H21N5O/c1-12-4-3-8-22-13(11-19-17(12)22)10-18-14-6-9-23-16(14)15-5-7-20-21(15)2/h3-5,7-8,11,14,16,18H,6,9-10H2,1-2H3/t14-,16-/m0/s1. The third-order valence-electron chi connectivity index (χ3n) is 4.59. The number of hydrogen-bond acceptors (Lipinski definition) is 4. The van der Waals surface area contributed by atoms with Crippen LogP contribution in [0.2, 0.25) is 0 Å². The Hall–Kier alpha value is -2.18. The number of nitrogens with one attached hydrogen (secondary N) is 1. The minimum atomic E-state index is 0.0587. The maximum absolute atomic E-state index is 5.92. The largest absolute Gasteiger partial charge is 0.370 e. The topological polar surface area (TPSA) is 56.4 Å². The number of fused-ring (bicyclic) bond motifs is 1. The molecule has 4 rings (SSSR count). The fourth-order valence-corrected chi connectivity index (χ4v) is 3.32. The Morgan fingerprint density at radius 1 is 1.39 bits per heavy atom. The van der Waals surface area contributed by atoms with Crippen molar-refractivity contribution >= 4 is 5.65 Å². The smallest absolute Gasteiger partial charge is 0.139 e. The van der Waals surface area contributed by atoms with Crippen LogP contribution in [0.5, 0.6) is 0 Å². The monoisotopic (exact) mass is 311 g/mol. The second-order valence-electron chi connectivity index (χ2n) is 6.08. The van der Waals surface area contributed by atoms with Crippen molar-refractivity contribution in [2.24, 2.45) is 7.05 Å². The summed E-state index contributed by atoms with van der Waals surface area (Å²) in [6.07, 6.45) is 6.90. The molecule has 0 radical (unpaired) electrons. The highest BCUT2D eigenvalue weighted by molar-refractivity contribution is 5.48. The number of rotatable bonds is 4. The molecule has 1 aliphatic heterocycles. The van der Waals surface area contributed by atoms with E-state index in [0.717, 1.165) is 30.9 Å². The Balaban J connectivity index is 1.52. The van der Waals surface area contributed by atoms with Crippen LogP contribution in [0.1, 0.15) is 29.5 Å². The molecule has 0 spiro atoms. The molecule has 1 N–H and O–H groups in total. The van der Waals surface area contributed by atoms with Crippen LogP contribution in [0.4, 0.5) is 0 Å². The molecule has 3 aromatic rings. The Morgan fingerprint density at radius 2 is 2.30 bits per heavy atom. The minimum Gasteiger partial charge on any atom is -0.370 e. The van der Waals surface area contributed by atoms with E-state index < -0.39 is 0 Å². The summed E-state index contributed by atoms with van der Waals surface area (Å²) >= 11 is 0. The second-order valence-corrected chi connectivity index (χ2v) is 6.08. The van der Waals surface area contributed by atoms with Gasteiger partial charge in [0, 0.05) is 38.6 Å². The minimum absolute atomic E-state index is 0.0587. The van der Waals surface area contributed by atoms with E-state index in [-0.39, 0.29) is 6.10 Å². The molecule has 1 fully saturated rings. The molecular weight excluding hydrogens is 290 g/mol. The first-order valence-corrected chi connectivity index (χ1v) is 7.98. The van der Waals surface area contributed by atoms with Crippen molar-refractivity contribution in [3.63, 3.8) is 0 Å². The van der Waals surface area contributed by atoms with Gasteiger partial charge >= 0.3 is 0 Å². The number of imidazole rings is 1. The summed E-state index contributed by atoms with van der Waals surface area (Å²) in [6, 6.07) is 6.47. The molecule has 23 heavy (non-hydrogen) atoms. The average Bonchev–Trinajstić information content (AvgIpc) is 3.24. The van der Waals surface area contributed by atoms with Crippen LogP contribution in [0.15, 0.2) is 36.8 Å². The van der Waals surface area contributed by atoms with Crippen molar-refractivity contribution < 1.29 is 4.74 Å². The third kappa shape index (κ3) is 2.54. The van der Waals surface area contributed by atoms with E-state index in [0.29, 0.717) is 6.04 Å². The van der Waals surface area contributed by atoms with E-state index in [4.69, 9.17) is 4.74 Å². The molecule has 120 valence electrons. The molecule has 0 unspecified atom stereocenters. The second kappa shape index (κ2) is 5.79. The molecule has 0 aromatic carbocycles.